The van der Waals surface area contributed by atoms with Gasteiger partial charge in [0.15, 0.2) is 0 Å². The molecule has 2 fully saturated rings. The second-order valence-electron chi connectivity index (χ2n) is 6.87. The molecule has 1 atom stereocenters. The Morgan fingerprint density at radius 3 is 2.64 bits per heavy atom. The standard InChI is InChI=1S/C19H25N3O6/c1-27-18(25)15-11-14(21-7-9-28-10-8-21)4-5-16(15)20-19(26)22-6-2-3-13(12-22)17(23)24/h4-5,11,13H,2-3,6-10,12H2,1H3,(H,20,26)(H,23,24). The first-order valence-electron chi connectivity index (χ1n) is 9.33. The number of carboxylic acids is 1. The first-order chi connectivity index (χ1) is 13.5. The van der Waals surface area contributed by atoms with E-state index in [4.69, 9.17) is 9.47 Å². The molecule has 2 aliphatic heterocycles. The van der Waals surface area contributed by atoms with Crippen LogP contribution in [0.5, 0.6) is 0 Å². The number of ether oxygens (including phenoxy) is 2. The van der Waals surface area contributed by atoms with E-state index in [0.717, 1.165) is 18.8 Å². The highest BCUT2D eigenvalue weighted by Gasteiger charge is 2.29. The summed E-state index contributed by atoms with van der Waals surface area (Å²) in [5, 5.41) is 11.9. The summed E-state index contributed by atoms with van der Waals surface area (Å²) in [6.07, 6.45) is 1.19. The van der Waals surface area contributed by atoms with Crippen molar-refractivity contribution in [1.82, 2.24) is 4.90 Å². The van der Waals surface area contributed by atoms with E-state index in [9.17, 15) is 19.5 Å². The van der Waals surface area contributed by atoms with Crippen LogP contribution in [0.3, 0.4) is 0 Å². The van der Waals surface area contributed by atoms with Crippen LogP contribution in [0.4, 0.5) is 16.2 Å². The zero-order valence-corrected chi connectivity index (χ0v) is 15.8. The van der Waals surface area contributed by atoms with Gasteiger partial charge in [-0.25, -0.2) is 9.59 Å². The molecular formula is C19H25N3O6. The number of hydrogen-bond acceptors (Lipinski definition) is 6. The third-order valence-corrected chi connectivity index (χ3v) is 5.08. The molecule has 152 valence electrons. The van der Waals surface area contributed by atoms with Crippen molar-refractivity contribution >= 4 is 29.3 Å². The number of anilines is 2. The lowest BCUT2D eigenvalue weighted by molar-refractivity contribution is -0.143. The topological polar surface area (TPSA) is 108 Å². The fourth-order valence-electron chi connectivity index (χ4n) is 3.50. The summed E-state index contributed by atoms with van der Waals surface area (Å²) < 4.78 is 10.2. The van der Waals surface area contributed by atoms with E-state index in [2.05, 4.69) is 10.2 Å². The molecule has 0 bridgehead atoms. The van der Waals surface area contributed by atoms with E-state index in [0.29, 0.717) is 38.3 Å². The molecule has 9 nitrogen and oxygen atoms in total. The summed E-state index contributed by atoms with van der Waals surface area (Å²) >= 11 is 0. The fourth-order valence-corrected chi connectivity index (χ4v) is 3.50. The van der Waals surface area contributed by atoms with Crippen LogP contribution < -0.4 is 10.2 Å². The molecule has 28 heavy (non-hydrogen) atoms. The van der Waals surface area contributed by atoms with Crippen LogP contribution >= 0.6 is 0 Å². The van der Waals surface area contributed by atoms with Gasteiger partial charge >= 0.3 is 18.0 Å². The van der Waals surface area contributed by atoms with Crippen molar-refractivity contribution in [3.05, 3.63) is 23.8 Å². The normalized spacial score (nSPS) is 19.8. The minimum Gasteiger partial charge on any atom is -0.481 e. The van der Waals surface area contributed by atoms with Crippen molar-refractivity contribution in [3.8, 4) is 0 Å². The van der Waals surface area contributed by atoms with Crippen LogP contribution in [-0.2, 0) is 14.3 Å². The predicted octanol–water partition coefficient (Wildman–Crippen LogP) is 1.64. The van der Waals surface area contributed by atoms with Crippen LogP contribution in [0.15, 0.2) is 18.2 Å². The number of carboxylic acid groups (broad SMARTS) is 1. The van der Waals surface area contributed by atoms with E-state index < -0.39 is 23.9 Å². The van der Waals surface area contributed by atoms with Gasteiger partial charge in [0, 0.05) is 31.9 Å². The Morgan fingerprint density at radius 2 is 1.96 bits per heavy atom. The molecule has 2 aliphatic rings. The fraction of sp³-hybridized carbons (Fsp3) is 0.526. The van der Waals surface area contributed by atoms with Gasteiger partial charge in [-0.3, -0.25) is 4.79 Å². The number of carbonyl (C=O) groups is 3. The Labute approximate surface area is 163 Å². The van der Waals surface area contributed by atoms with Crippen molar-refractivity contribution < 1.29 is 29.0 Å². The van der Waals surface area contributed by atoms with Gasteiger partial charge in [0.05, 0.1) is 37.5 Å². The maximum Gasteiger partial charge on any atom is 0.340 e. The molecule has 2 N–H and O–H groups in total. The van der Waals surface area contributed by atoms with Gasteiger partial charge in [-0.15, -0.1) is 0 Å². The number of piperidine rings is 1. The molecule has 9 heteroatoms. The highest BCUT2D eigenvalue weighted by Crippen LogP contribution is 2.26. The number of nitrogens with zero attached hydrogens (tertiary/aromatic N) is 2. The zero-order chi connectivity index (χ0) is 20.1. The van der Waals surface area contributed by atoms with Crippen molar-refractivity contribution in [2.75, 3.05) is 56.7 Å². The molecular weight excluding hydrogens is 366 g/mol. The quantitative estimate of drug-likeness (QED) is 0.751. The molecule has 0 radical (unpaired) electrons. The molecule has 3 rings (SSSR count). The summed E-state index contributed by atoms with van der Waals surface area (Å²) in [4.78, 5) is 39.7. The maximum atomic E-state index is 12.6. The number of likely N-dealkylation sites (tertiary alicyclic amines) is 1. The largest absolute Gasteiger partial charge is 0.481 e. The summed E-state index contributed by atoms with van der Waals surface area (Å²) in [5.41, 5.74) is 1.45. The van der Waals surface area contributed by atoms with Gasteiger partial charge in [0.1, 0.15) is 0 Å². The number of urea groups is 1. The first kappa shape index (κ1) is 19.9. The molecule has 2 amide bonds. The lowest BCUT2D eigenvalue weighted by Crippen LogP contribution is -2.44. The van der Waals surface area contributed by atoms with E-state index in [1.807, 2.05) is 6.07 Å². The molecule has 0 aliphatic carbocycles. The number of rotatable bonds is 4. The van der Waals surface area contributed by atoms with E-state index in [1.54, 1.807) is 12.1 Å². The monoisotopic (exact) mass is 391 g/mol. The summed E-state index contributed by atoms with van der Waals surface area (Å²) in [7, 11) is 1.29. The number of methoxy groups -OCH3 is 1. The molecule has 2 heterocycles. The Balaban J connectivity index is 1.77. The minimum atomic E-state index is -0.900. The molecule has 0 aromatic heterocycles. The van der Waals surface area contributed by atoms with Gasteiger partial charge in [-0.05, 0) is 31.0 Å². The van der Waals surface area contributed by atoms with Gasteiger partial charge in [-0.2, -0.15) is 0 Å². The number of aliphatic carboxylic acids is 1. The Hall–Kier alpha value is -2.81. The van der Waals surface area contributed by atoms with Crippen molar-refractivity contribution in [1.29, 1.82) is 0 Å². The summed E-state index contributed by atoms with van der Waals surface area (Å²) in [5.74, 6) is -2.02. The van der Waals surface area contributed by atoms with E-state index >= 15 is 0 Å². The third-order valence-electron chi connectivity index (χ3n) is 5.08. The van der Waals surface area contributed by atoms with Gasteiger partial charge in [-0.1, -0.05) is 0 Å². The lowest BCUT2D eigenvalue weighted by Gasteiger charge is -2.31. The summed E-state index contributed by atoms with van der Waals surface area (Å²) in [6, 6.07) is 4.79. The smallest absolute Gasteiger partial charge is 0.340 e. The van der Waals surface area contributed by atoms with Crippen LogP contribution in [0, 0.1) is 5.92 Å². The Morgan fingerprint density at radius 1 is 1.21 bits per heavy atom. The predicted molar refractivity (Wildman–Crippen MR) is 102 cm³/mol. The highest BCUT2D eigenvalue weighted by atomic mass is 16.5. The van der Waals surface area contributed by atoms with Gasteiger partial charge < -0.3 is 29.7 Å². The van der Waals surface area contributed by atoms with Crippen LogP contribution in [-0.4, -0.2) is 74.5 Å². The van der Waals surface area contributed by atoms with E-state index in [1.165, 1.54) is 12.0 Å². The molecule has 1 aromatic carbocycles. The van der Waals surface area contributed by atoms with Gasteiger partial charge in [0.25, 0.3) is 0 Å². The molecule has 2 saturated heterocycles. The van der Waals surface area contributed by atoms with E-state index in [-0.39, 0.29) is 12.1 Å². The second kappa shape index (κ2) is 8.92. The molecule has 1 aromatic rings. The Bertz CT molecular complexity index is 747. The lowest BCUT2D eigenvalue weighted by atomic mass is 9.99. The molecule has 0 spiro atoms. The SMILES string of the molecule is COC(=O)c1cc(N2CCOCC2)ccc1NC(=O)N1CCCC(C(=O)O)C1. The average Bonchev–Trinajstić information content (AvgIpc) is 2.74. The van der Waals surface area contributed by atoms with Gasteiger partial charge in [0.2, 0.25) is 0 Å². The number of benzene rings is 1. The van der Waals surface area contributed by atoms with Crippen LogP contribution in [0.2, 0.25) is 0 Å². The number of esters is 1. The average molecular weight is 391 g/mol. The van der Waals surface area contributed by atoms with Crippen LogP contribution in [0.25, 0.3) is 0 Å². The molecule has 1 unspecified atom stereocenters. The van der Waals surface area contributed by atoms with Crippen molar-refractivity contribution in [2.45, 2.75) is 12.8 Å². The van der Waals surface area contributed by atoms with Crippen molar-refractivity contribution in [2.24, 2.45) is 5.92 Å². The number of hydrogen-bond donors (Lipinski definition) is 2. The molecule has 0 saturated carbocycles. The third kappa shape index (κ3) is 4.53. The van der Waals surface area contributed by atoms with Crippen LogP contribution in [0.1, 0.15) is 23.2 Å². The number of morpholine rings is 1. The van der Waals surface area contributed by atoms with Crippen molar-refractivity contribution in [3.63, 3.8) is 0 Å². The zero-order valence-electron chi connectivity index (χ0n) is 15.8. The minimum absolute atomic E-state index is 0.153. The number of amides is 2. The summed E-state index contributed by atoms with van der Waals surface area (Å²) in [6.45, 7) is 3.31. The first-order valence-corrected chi connectivity index (χ1v) is 9.33. The Kier molecular flexibility index (Phi) is 6.35. The second-order valence-corrected chi connectivity index (χ2v) is 6.87. The highest BCUT2D eigenvalue weighted by molar-refractivity contribution is 6.01. The number of nitrogens with one attached hydrogen (secondary N) is 1. The number of carbonyl (C=O) groups excluding carboxylic acids is 2. The maximum absolute atomic E-state index is 12.6.